The summed E-state index contributed by atoms with van der Waals surface area (Å²) in [7, 11) is -8.28. The summed E-state index contributed by atoms with van der Waals surface area (Å²) in [4.78, 5) is 14.3. The van der Waals surface area contributed by atoms with Crippen molar-refractivity contribution in [1.82, 2.24) is 20.1 Å². The third-order valence-electron chi connectivity index (χ3n) is 4.22. The highest BCUT2D eigenvalue weighted by molar-refractivity contribution is 8.45. The number of hydrogen-bond acceptors (Lipinski definition) is 5. The molecule has 174 valence electrons. The van der Waals surface area contributed by atoms with Crippen molar-refractivity contribution < 1.29 is 34.1 Å². The Kier molecular flexibility index (Phi) is 5.46. The van der Waals surface area contributed by atoms with Crippen LogP contribution in [0.4, 0.5) is 19.4 Å². The van der Waals surface area contributed by atoms with Crippen molar-refractivity contribution in [3.05, 3.63) is 54.4 Å². The van der Waals surface area contributed by atoms with Crippen LogP contribution in [-0.4, -0.2) is 38.4 Å². The molecule has 0 radical (unpaired) electrons. The van der Waals surface area contributed by atoms with E-state index < -0.39 is 32.8 Å². The Labute approximate surface area is 179 Å². The molecule has 3 aromatic rings. The van der Waals surface area contributed by atoms with Gasteiger partial charge in [0.1, 0.15) is 10.6 Å². The van der Waals surface area contributed by atoms with Gasteiger partial charge in [0.25, 0.3) is 5.91 Å². The lowest BCUT2D eigenvalue weighted by molar-refractivity contribution is 0.0922. The van der Waals surface area contributed by atoms with Crippen LogP contribution < -0.4 is 10.1 Å². The molecule has 0 fully saturated rings. The molecular formula is C19H19F5N4O3S. The van der Waals surface area contributed by atoms with E-state index in [1.54, 1.807) is 26.2 Å². The van der Waals surface area contributed by atoms with Gasteiger partial charge in [-0.3, -0.25) is 9.48 Å². The SMILES string of the molecule is C[C@H](CO)NC(=O)c1cnc(Oc2cccc(S(F)(F)(F)(F)F)c2)c(-c2ccn(C)n2)c1. The quantitative estimate of drug-likeness (QED) is 0.465. The first kappa shape index (κ1) is 23.5. The molecule has 1 amide bonds. The number of halogens is 5. The average molecular weight is 478 g/mol. The molecule has 0 saturated carbocycles. The van der Waals surface area contributed by atoms with Crippen LogP contribution in [0.1, 0.15) is 17.3 Å². The molecule has 0 aliphatic heterocycles. The average Bonchev–Trinajstić information content (AvgIpc) is 3.12. The van der Waals surface area contributed by atoms with Crippen LogP contribution in [0.25, 0.3) is 11.3 Å². The van der Waals surface area contributed by atoms with Gasteiger partial charge in [-0.2, -0.15) is 5.10 Å². The van der Waals surface area contributed by atoms with Gasteiger partial charge in [0.15, 0.2) is 0 Å². The lowest BCUT2D eigenvalue weighted by atomic mass is 10.1. The predicted molar refractivity (Wildman–Crippen MR) is 108 cm³/mol. The molecule has 2 aromatic heterocycles. The van der Waals surface area contributed by atoms with Gasteiger partial charge in [-0.05, 0) is 31.2 Å². The van der Waals surface area contributed by atoms with E-state index in [1.165, 1.54) is 10.7 Å². The summed E-state index contributed by atoms with van der Waals surface area (Å²) in [6.45, 7) is 1.28. The Morgan fingerprint density at radius 2 is 1.94 bits per heavy atom. The zero-order valence-corrected chi connectivity index (χ0v) is 17.6. The number of aromatic nitrogens is 3. The number of aryl methyl sites for hydroxylation is 1. The summed E-state index contributed by atoms with van der Waals surface area (Å²) in [6.07, 6.45) is 2.68. The standard InChI is InChI=1S/C19H19F5N4O3S/c1-12(11-29)26-18(30)13-8-16(17-6-7-28(2)27-17)19(25-10-13)31-14-4-3-5-15(9-14)32(20,21,22,23)24/h3-10,12,29H,11H2,1-2H3,(H,26,30)/t12-/m1/s1. The van der Waals surface area contributed by atoms with Gasteiger partial charge < -0.3 is 15.2 Å². The van der Waals surface area contributed by atoms with E-state index in [4.69, 9.17) is 9.84 Å². The van der Waals surface area contributed by atoms with Gasteiger partial charge in [-0.15, -0.1) is 0 Å². The van der Waals surface area contributed by atoms with Crippen molar-refractivity contribution in [2.24, 2.45) is 7.05 Å². The van der Waals surface area contributed by atoms with E-state index in [1.807, 2.05) is 0 Å². The summed E-state index contributed by atoms with van der Waals surface area (Å²) in [6, 6.07) is 4.67. The van der Waals surface area contributed by atoms with Gasteiger partial charge in [-0.1, -0.05) is 25.5 Å². The fourth-order valence-corrected chi connectivity index (χ4v) is 3.32. The molecule has 0 saturated heterocycles. The number of carbonyl (C=O) groups excluding carboxylic acids is 1. The molecule has 7 nitrogen and oxygen atoms in total. The third-order valence-corrected chi connectivity index (χ3v) is 5.36. The minimum absolute atomic E-state index is 0.0686. The van der Waals surface area contributed by atoms with Crippen LogP contribution in [0.2, 0.25) is 0 Å². The number of carbonyl (C=O) groups is 1. The molecule has 13 heteroatoms. The Morgan fingerprint density at radius 3 is 2.53 bits per heavy atom. The number of pyridine rings is 1. The fraction of sp³-hybridized carbons (Fsp3) is 0.211. The van der Waals surface area contributed by atoms with Gasteiger partial charge >= 0.3 is 10.2 Å². The van der Waals surface area contributed by atoms with Crippen LogP contribution in [-0.2, 0) is 7.05 Å². The van der Waals surface area contributed by atoms with Gasteiger partial charge in [0, 0.05) is 31.5 Å². The minimum atomic E-state index is -9.90. The molecule has 3 rings (SSSR count). The summed E-state index contributed by atoms with van der Waals surface area (Å²) in [5.41, 5.74) is 0.496. The summed E-state index contributed by atoms with van der Waals surface area (Å²) in [5, 5.41) is 15.8. The molecular weight excluding hydrogens is 459 g/mol. The first-order valence-corrected chi connectivity index (χ1v) is 11.1. The normalized spacial score (nSPS) is 14.9. The van der Waals surface area contributed by atoms with E-state index in [0.717, 1.165) is 18.3 Å². The Morgan fingerprint density at radius 1 is 1.22 bits per heavy atom. The molecule has 0 aliphatic rings. The highest BCUT2D eigenvalue weighted by atomic mass is 32.5. The number of nitrogens with zero attached hydrogens (tertiary/aromatic N) is 3. The number of benzene rings is 1. The lowest BCUT2D eigenvalue weighted by Gasteiger charge is -2.40. The van der Waals surface area contributed by atoms with Gasteiger partial charge in [0.2, 0.25) is 5.88 Å². The zero-order valence-electron chi connectivity index (χ0n) is 16.8. The Bertz CT molecular complexity index is 1170. The number of hydrogen-bond donors (Lipinski definition) is 2. The van der Waals surface area contributed by atoms with Crippen molar-refractivity contribution in [3.8, 4) is 22.9 Å². The third kappa shape index (κ3) is 5.53. The molecule has 1 aromatic carbocycles. The molecule has 2 N–H and O–H groups in total. The predicted octanol–water partition coefficient (Wildman–Crippen LogP) is 5.04. The number of rotatable bonds is 7. The number of amides is 1. The van der Waals surface area contributed by atoms with E-state index >= 15 is 0 Å². The molecule has 0 aliphatic carbocycles. The largest absolute Gasteiger partial charge is 0.438 e. The summed E-state index contributed by atoms with van der Waals surface area (Å²) < 4.78 is 72.5. The number of aliphatic hydroxyl groups excluding tert-OH is 1. The maximum atomic E-state index is 13.1. The zero-order chi connectivity index (χ0) is 23.8. The highest BCUT2D eigenvalue weighted by Crippen LogP contribution is 3.02. The van der Waals surface area contributed by atoms with Crippen LogP contribution in [0.3, 0.4) is 0 Å². The monoisotopic (exact) mass is 478 g/mol. The van der Waals surface area contributed by atoms with Crippen molar-refractivity contribution >= 4 is 16.1 Å². The second-order valence-electron chi connectivity index (χ2n) is 7.05. The lowest BCUT2D eigenvalue weighted by Crippen LogP contribution is -2.35. The number of ether oxygens (including phenoxy) is 1. The second kappa shape index (κ2) is 7.45. The minimum Gasteiger partial charge on any atom is -0.438 e. The van der Waals surface area contributed by atoms with E-state index in [0.29, 0.717) is 0 Å². The van der Waals surface area contributed by atoms with Crippen LogP contribution in [0.5, 0.6) is 11.6 Å². The van der Waals surface area contributed by atoms with E-state index in [-0.39, 0.29) is 41.4 Å². The Hall–Kier alpha value is -3.19. The van der Waals surface area contributed by atoms with Crippen LogP contribution in [0, 0.1) is 0 Å². The smallest absolute Gasteiger partial charge is 0.310 e. The molecule has 32 heavy (non-hydrogen) atoms. The van der Waals surface area contributed by atoms with Crippen molar-refractivity contribution in [2.75, 3.05) is 6.61 Å². The fourth-order valence-electron chi connectivity index (χ4n) is 2.64. The van der Waals surface area contributed by atoms with Crippen molar-refractivity contribution in [1.29, 1.82) is 0 Å². The Balaban J connectivity index is 2.03. The molecule has 0 unspecified atom stereocenters. The first-order chi connectivity index (χ1) is 14.7. The topological polar surface area (TPSA) is 89.3 Å². The van der Waals surface area contributed by atoms with Crippen molar-refractivity contribution in [3.63, 3.8) is 0 Å². The van der Waals surface area contributed by atoms with Gasteiger partial charge in [-0.25, -0.2) is 4.98 Å². The maximum absolute atomic E-state index is 13.1. The van der Waals surface area contributed by atoms with Crippen LogP contribution in [0.15, 0.2) is 53.7 Å². The van der Waals surface area contributed by atoms with E-state index in [2.05, 4.69) is 15.4 Å². The molecule has 2 heterocycles. The molecule has 0 spiro atoms. The first-order valence-electron chi connectivity index (χ1n) is 9.10. The van der Waals surface area contributed by atoms with Crippen molar-refractivity contribution in [2.45, 2.75) is 17.9 Å². The van der Waals surface area contributed by atoms with E-state index in [9.17, 15) is 24.2 Å². The maximum Gasteiger partial charge on any atom is 0.310 e. The van der Waals surface area contributed by atoms with Gasteiger partial charge in [0.05, 0.1) is 23.4 Å². The second-order valence-corrected chi connectivity index (χ2v) is 9.46. The van der Waals surface area contributed by atoms with Crippen LogP contribution >= 0.6 is 10.2 Å². The summed E-state index contributed by atoms with van der Waals surface area (Å²) in [5.74, 6) is -1.33. The summed E-state index contributed by atoms with van der Waals surface area (Å²) >= 11 is 0. The number of nitrogens with one attached hydrogen (secondary N) is 1. The molecule has 1 atom stereocenters. The number of aliphatic hydroxyl groups is 1. The molecule has 0 bridgehead atoms. The highest BCUT2D eigenvalue weighted by Gasteiger charge is 2.65.